The van der Waals surface area contributed by atoms with Gasteiger partial charge in [-0.1, -0.05) is 17.7 Å². The Morgan fingerprint density at radius 1 is 1.14 bits per heavy atom. The first-order valence-electron chi connectivity index (χ1n) is 8.37. The second-order valence-corrected chi connectivity index (χ2v) is 8.52. The van der Waals surface area contributed by atoms with Crippen LogP contribution in [0.4, 0.5) is 11.4 Å². The first kappa shape index (κ1) is 21.8. The molecule has 0 saturated heterocycles. The number of nitrogens with one attached hydrogen (secondary N) is 1. The molecule has 0 unspecified atom stereocenters. The Morgan fingerprint density at radius 2 is 1.82 bits per heavy atom. The zero-order valence-electron chi connectivity index (χ0n) is 16.3. The number of rotatable bonds is 7. The van der Waals surface area contributed by atoms with Gasteiger partial charge in [-0.25, -0.2) is 8.42 Å². The van der Waals surface area contributed by atoms with Crippen molar-refractivity contribution in [3.8, 4) is 11.5 Å². The largest absolute Gasteiger partial charge is 0.497 e. The molecule has 0 radical (unpaired) electrons. The maximum Gasteiger partial charge on any atom is 0.248 e. The Labute approximate surface area is 170 Å². The number of hydrogen-bond acceptors (Lipinski definition) is 5. The summed E-state index contributed by atoms with van der Waals surface area (Å²) in [5.74, 6) is 0.438. The van der Waals surface area contributed by atoms with Crippen LogP contribution in [-0.4, -0.2) is 40.8 Å². The third kappa shape index (κ3) is 4.88. The lowest BCUT2D eigenvalue weighted by Crippen LogP contribution is -2.45. The van der Waals surface area contributed by atoms with Gasteiger partial charge >= 0.3 is 0 Å². The van der Waals surface area contributed by atoms with Crippen LogP contribution >= 0.6 is 11.6 Å². The molecule has 2 rings (SSSR count). The van der Waals surface area contributed by atoms with E-state index >= 15 is 0 Å². The van der Waals surface area contributed by atoms with Crippen LogP contribution in [0.3, 0.4) is 0 Å². The molecule has 0 heterocycles. The van der Waals surface area contributed by atoms with E-state index in [1.807, 2.05) is 0 Å². The summed E-state index contributed by atoms with van der Waals surface area (Å²) in [5, 5.41) is 3.08. The molecule has 0 aromatic heterocycles. The highest BCUT2D eigenvalue weighted by atomic mass is 35.5. The molecule has 0 aliphatic carbocycles. The van der Waals surface area contributed by atoms with Gasteiger partial charge in [0.25, 0.3) is 0 Å². The maximum atomic E-state index is 12.9. The Balaban J connectivity index is 2.39. The fourth-order valence-electron chi connectivity index (χ4n) is 2.74. The number of amides is 1. The molecule has 28 heavy (non-hydrogen) atoms. The van der Waals surface area contributed by atoms with Gasteiger partial charge in [0.15, 0.2) is 0 Å². The average Bonchev–Trinajstić information content (AvgIpc) is 2.63. The molecule has 1 atom stereocenters. The fourth-order valence-corrected chi connectivity index (χ4v) is 4.13. The van der Waals surface area contributed by atoms with Gasteiger partial charge in [0.1, 0.15) is 17.5 Å². The van der Waals surface area contributed by atoms with Crippen molar-refractivity contribution in [2.75, 3.05) is 30.1 Å². The number of benzene rings is 2. The highest BCUT2D eigenvalue weighted by molar-refractivity contribution is 7.92. The molecule has 9 heteroatoms. The van der Waals surface area contributed by atoms with Crippen molar-refractivity contribution in [1.29, 1.82) is 0 Å². The number of hydrogen-bond donors (Lipinski definition) is 1. The summed E-state index contributed by atoms with van der Waals surface area (Å²) in [4.78, 5) is 12.9. The zero-order chi connectivity index (χ0) is 21.1. The summed E-state index contributed by atoms with van der Waals surface area (Å²) in [6, 6.07) is 8.77. The normalized spacial score (nSPS) is 12.2. The predicted octanol–water partition coefficient (Wildman–Crippen LogP) is 3.46. The van der Waals surface area contributed by atoms with E-state index in [2.05, 4.69) is 5.32 Å². The number of aryl methyl sites for hydroxylation is 1. The molecule has 0 aliphatic heterocycles. The molecule has 1 amide bonds. The number of carbonyl (C=O) groups is 1. The lowest BCUT2D eigenvalue weighted by molar-refractivity contribution is -0.116. The van der Waals surface area contributed by atoms with E-state index in [0.717, 1.165) is 10.6 Å². The van der Waals surface area contributed by atoms with Crippen LogP contribution in [0.2, 0.25) is 5.02 Å². The number of carbonyl (C=O) groups excluding carboxylic acids is 1. The Bertz CT molecular complexity index is 978. The predicted molar refractivity (Wildman–Crippen MR) is 111 cm³/mol. The number of halogens is 1. The molecule has 152 valence electrons. The Hall–Kier alpha value is -2.45. The third-order valence-electron chi connectivity index (χ3n) is 4.16. The standard InChI is InChI=1S/C19H23ClN2O5S/c1-12-6-7-14(20)10-17(12)22(28(5,24)25)13(2)19(23)21-16-9-8-15(26-3)11-18(16)27-4/h6-11,13H,1-5H3,(H,21,23)/t13-/m0/s1. The SMILES string of the molecule is COc1ccc(NC(=O)[C@H](C)N(c2cc(Cl)ccc2C)S(C)(=O)=O)c(OC)c1. The highest BCUT2D eigenvalue weighted by Crippen LogP contribution is 2.31. The average molecular weight is 427 g/mol. The molecular weight excluding hydrogens is 404 g/mol. The number of nitrogens with zero attached hydrogens (tertiary/aromatic N) is 1. The van der Waals surface area contributed by atoms with Gasteiger partial charge in [-0.05, 0) is 43.7 Å². The molecule has 0 fully saturated rings. The van der Waals surface area contributed by atoms with E-state index in [-0.39, 0.29) is 0 Å². The minimum absolute atomic E-state index is 0.347. The molecule has 7 nitrogen and oxygen atoms in total. The number of methoxy groups -OCH3 is 2. The summed E-state index contributed by atoms with van der Waals surface area (Å²) >= 11 is 6.04. The minimum atomic E-state index is -3.76. The first-order valence-corrected chi connectivity index (χ1v) is 10.6. The van der Waals surface area contributed by atoms with E-state index in [4.69, 9.17) is 21.1 Å². The van der Waals surface area contributed by atoms with Crippen molar-refractivity contribution < 1.29 is 22.7 Å². The molecule has 0 saturated carbocycles. The number of ether oxygens (including phenoxy) is 2. The van der Waals surface area contributed by atoms with Crippen molar-refractivity contribution >= 4 is 38.9 Å². The molecule has 2 aromatic carbocycles. The van der Waals surface area contributed by atoms with Crippen molar-refractivity contribution in [3.05, 3.63) is 47.0 Å². The monoisotopic (exact) mass is 426 g/mol. The van der Waals surface area contributed by atoms with E-state index in [0.29, 0.717) is 33.5 Å². The van der Waals surface area contributed by atoms with Crippen LogP contribution in [-0.2, 0) is 14.8 Å². The smallest absolute Gasteiger partial charge is 0.248 e. The Kier molecular flexibility index (Phi) is 6.79. The molecule has 0 spiro atoms. The zero-order valence-corrected chi connectivity index (χ0v) is 17.9. The van der Waals surface area contributed by atoms with Gasteiger partial charge in [0, 0.05) is 11.1 Å². The van der Waals surface area contributed by atoms with Gasteiger partial charge in [-0.3, -0.25) is 9.10 Å². The van der Waals surface area contributed by atoms with E-state index in [9.17, 15) is 13.2 Å². The quantitative estimate of drug-likeness (QED) is 0.732. The maximum absolute atomic E-state index is 12.9. The van der Waals surface area contributed by atoms with Crippen molar-refractivity contribution in [2.45, 2.75) is 19.9 Å². The summed E-state index contributed by atoms with van der Waals surface area (Å²) < 4.78 is 36.4. The topological polar surface area (TPSA) is 84.9 Å². The Morgan fingerprint density at radius 3 is 2.39 bits per heavy atom. The summed E-state index contributed by atoms with van der Waals surface area (Å²) in [7, 11) is -0.773. The van der Waals surface area contributed by atoms with Crippen LogP contribution in [0.25, 0.3) is 0 Å². The summed E-state index contributed by atoms with van der Waals surface area (Å²) in [5.41, 5.74) is 1.42. The first-order chi connectivity index (χ1) is 13.1. The van der Waals surface area contributed by atoms with Crippen LogP contribution in [0.1, 0.15) is 12.5 Å². The highest BCUT2D eigenvalue weighted by Gasteiger charge is 2.30. The van der Waals surface area contributed by atoms with Gasteiger partial charge < -0.3 is 14.8 Å². The van der Waals surface area contributed by atoms with Crippen molar-refractivity contribution in [3.63, 3.8) is 0 Å². The van der Waals surface area contributed by atoms with Crippen LogP contribution in [0.5, 0.6) is 11.5 Å². The lowest BCUT2D eigenvalue weighted by atomic mass is 10.1. The van der Waals surface area contributed by atoms with Crippen LogP contribution in [0.15, 0.2) is 36.4 Å². The second kappa shape index (κ2) is 8.70. The number of anilines is 2. The van der Waals surface area contributed by atoms with E-state index < -0.39 is 22.0 Å². The third-order valence-corrected chi connectivity index (χ3v) is 5.63. The molecular formula is C19H23ClN2O5S. The summed E-state index contributed by atoms with van der Waals surface area (Å²) in [6.07, 6.45) is 1.05. The van der Waals surface area contributed by atoms with Crippen molar-refractivity contribution in [1.82, 2.24) is 0 Å². The van der Waals surface area contributed by atoms with E-state index in [1.165, 1.54) is 27.2 Å². The van der Waals surface area contributed by atoms with Crippen molar-refractivity contribution in [2.24, 2.45) is 0 Å². The summed E-state index contributed by atoms with van der Waals surface area (Å²) in [6.45, 7) is 3.26. The minimum Gasteiger partial charge on any atom is -0.497 e. The fraction of sp³-hybridized carbons (Fsp3) is 0.316. The molecule has 2 aromatic rings. The lowest BCUT2D eigenvalue weighted by Gasteiger charge is -2.29. The van der Waals surface area contributed by atoms with Gasteiger partial charge in [0.2, 0.25) is 15.9 Å². The van der Waals surface area contributed by atoms with Gasteiger partial charge in [0.05, 0.1) is 31.9 Å². The van der Waals surface area contributed by atoms with Crippen LogP contribution < -0.4 is 19.1 Å². The van der Waals surface area contributed by atoms with Crippen LogP contribution in [0, 0.1) is 6.92 Å². The molecule has 0 bridgehead atoms. The van der Waals surface area contributed by atoms with Gasteiger partial charge in [-0.2, -0.15) is 0 Å². The second-order valence-electron chi connectivity index (χ2n) is 6.22. The number of sulfonamides is 1. The molecule has 1 N–H and O–H groups in total. The van der Waals surface area contributed by atoms with Gasteiger partial charge in [-0.15, -0.1) is 0 Å². The van der Waals surface area contributed by atoms with E-state index in [1.54, 1.807) is 37.3 Å². The molecule has 0 aliphatic rings.